The van der Waals surface area contributed by atoms with E-state index in [9.17, 15) is 4.79 Å². The second kappa shape index (κ2) is 13.4. The fourth-order valence-electron chi connectivity index (χ4n) is 4.58. The molecule has 0 bridgehead atoms. The molecule has 0 heterocycles. The van der Waals surface area contributed by atoms with Crippen LogP contribution in [0.15, 0.2) is 127 Å². The number of hydrogen-bond donors (Lipinski definition) is 0. The number of esters is 1. The summed E-state index contributed by atoms with van der Waals surface area (Å²) < 4.78 is 23.0. The zero-order valence-corrected chi connectivity index (χ0v) is 24.6. The van der Waals surface area contributed by atoms with Crippen molar-refractivity contribution < 1.29 is 23.7 Å². The molecule has 0 aromatic heterocycles. The monoisotopic (exact) mass is 571 g/mol. The summed E-state index contributed by atoms with van der Waals surface area (Å²) in [7, 11) is 1.63. The van der Waals surface area contributed by atoms with Crippen molar-refractivity contribution in [3.05, 3.63) is 132 Å². The maximum atomic E-state index is 11.4. The maximum Gasteiger partial charge on any atom is 0.308 e. The molecule has 0 saturated carbocycles. The van der Waals surface area contributed by atoms with Gasteiger partial charge in [0.25, 0.3) is 0 Å². The molecule has 6 heteroatoms. The van der Waals surface area contributed by atoms with Crippen LogP contribution in [0.25, 0.3) is 6.08 Å². The summed E-state index contributed by atoms with van der Waals surface area (Å²) in [5.74, 6) is 3.32. The normalized spacial score (nSPS) is 10.4. The number of nitrogens with zero attached hydrogens (tertiary/aromatic N) is 1. The SMILES string of the molecule is COc1cccc(Oc2cccc(N(c3ccc(C=C(C)C)cc3)c3cccc(Oc4cccc(OC(C)=O)c4)c3)c2)c1. The molecule has 0 spiro atoms. The van der Waals surface area contributed by atoms with Crippen LogP contribution in [-0.2, 0) is 4.79 Å². The van der Waals surface area contributed by atoms with Crippen molar-refractivity contribution in [2.45, 2.75) is 20.8 Å². The molecule has 0 unspecified atom stereocenters. The van der Waals surface area contributed by atoms with Crippen LogP contribution >= 0.6 is 0 Å². The Morgan fingerprint density at radius 2 is 1.02 bits per heavy atom. The molecule has 5 aromatic carbocycles. The first-order chi connectivity index (χ1) is 20.9. The Morgan fingerprint density at radius 1 is 0.558 bits per heavy atom. The van der Waals surface area contributed by atoms with Gasteiger partial charge in [0.1, 0.15) is 34.5 Å². The Kier molecular flexibility index (Phi) is 9.08. The van der Waals surface area contributed by atoms with Crippen LogP contribution < -0.4 is 23.8 Å². The van der Waals surface area contributed by atoms with Gasteiger partial charge in [0.15, 0.2) is 0 Å². The van der Waals surface area contributed by atoms with Crippen molar-refractivity contribution in [3.63, 3.8) is 0 Å². The van der Waals surface area contributed by atoms with Gasteiger partial charge in [-0.1, -0.05) is 48.0 Å². The molecular weight excluding hydrogens is 538 g/mol. The fourth-order valence-corrected chi connectivity index (χ4v) is 4.58. The van der Waals surface area contributed by atoms with Crippen LogP contribution in [0.1, 0.15) is 26.3 Å². The number of anilines is 3. The van der Waals surface area contributed by atoms with Crippen LogP contribution in [0.5, 0.6) is 34.5 Å². The van der Waals surface area contributed by atoms with Crippen molar-refractivity contribution >= 4 is 29.1 Å². The van der Waals surface area contributed by atoms with Gasteiger partial charge in [-0.25, -0.2) is 0 Å². The van der Waals surface area contributed by atoms with Gasteiger partial charge in [-0.05, 0) is 80.1 Å². The number of allylic oxidation sites excluding steroid dienone is 1. The van der Waals surface area contributed by atoms with Gasteiger partial charge < -0.3 is 23.8 Å². The third-order valence-corrected chi connectivity index (χ3v) is 6.34. The molecule has 6 nitrogen and oxygen atoms in total. The van der Waals surface area contributed by atoms with E-state index < -0.39 is 0 Å². The largest absolute Gasteiger partial charge is 0.497 e. The van der Waals surface area contributed by atoms with Gasteiger partial charge in [-0.15, -0.1) is 0 Å². The average Bonchev–Trinajstić information content (AvgIpc) is 2.98. The number of benzene rings is 5. The fraction of sp³-hybridized carbons (Fsp3) is 0.108. The Labute approximate surface area is 252 Å². The molecule has 0 N–H and O–H groups in total. The molecule has 43 heavy (non-hydrogen) atoms. The summed E-state index contributed by atoms with van der Waals surface area (Å²) in [6, 6.07) is 38.7. The zero-order chi connectivity index (χ0) is 30.2. The van der Waals surface area contributed by atoms with Gasteiger partial charge in [0.2, 0.25) is 0 Å². The molecule has 0 aliphatic carbocycles. The van der Waals surface area contributed by atoms with E-state index in [1.54, 1.807) is 25.3 Å². The lowest BCUT2D eigenvalue weighted by atomic mass is 10.1. The van der Waals surface area contributed by atoms with Crippen molar-refractivity contribution in [1.29, 1.82) is 0 Å². The van der Waals surface area contributed by atoms with Gasteiger partial charge in [0, 0.05) is 48.3 Å². The van der Waals surface area contributed by atoms with Gasteiger partial charge >= 0.3 is 5.97 Å². The third kappa shape index (κ3) is 7.83. The van der Waals surface area contributed by atoms with Gasteiger partial charge in [-0.2, -0.15) is 0 Å². The first kappa shape index (κ1) is 29.0. The summed E-state index contributed by atoms with van der Waals surface area (Å²) in [6.45, 7) is 5.54. The summed E-state index contributed by atoms with van der Waals surface area (Å²) in [5, 5.41) is 0. The van der Waals surface area contributed by atoms with Crippen LogP contribution in [0.4, 0.5) is 17.1 Å². The number of rotatable bonds is 10. The van der Waals surface area contributed by atoms with Crippen molar-refractivity contribution in [2.24, 2.45) is 0 Å². The molecule has 0 atom stereocenters. The minimum absolute atomic E-state index is 0.386. The lowest BCUT2D eigenvalue weighted by Gasteiger charge is -2.26. The first-order valence-corrected chi connectivity index (χ1v) is 13.9. The number of carbonyl (C=O) groups excluding carboxylic acids is 1. The number of ether oxygens (including phenoxy) is 4. The quantitative estimate of drug-likeness (QED) is 0.123. The summed E-state index contributed by atoms with van der Waals surface area (Å²) in [4.78, 5) is 13.6. The van der Waals surface area contributed by atoms with Crippen molar-refractivity contribution in [1.82, 2.24) is 0 Å². The highest BCUT2D eigenvalue weighted by atomic mass is 16.5. The first-order valence-electron chi connectivity index (χ1n) is 13.9. The zero-order valence-electron chi connectivity index (χ0n) is 24.6. The van der Waals surface area contributed by atoms with Crippen LogP contribution in [0, 0.1) is 0 Å². The van der Waals surface area contributed by atoms with Crippen LogP contribution in [0.3, 0.4) is 0 Å². The molecule has 0 amide bonds. The Morgan fingerprint density at radius 3 is 1.53 bits per heavy atom. The van der Waals surface area contributed by atoms with Crippen LogP contribution in [0.2, 0.25) is 0 Å². The molecular formula is C37H33NO5. The summed E-state index contributed by atoms with van der Waals surface area (Å²) in [5.41, 5.74) is 5.13. The maximum absolute atomic E-state index is 11.4. The molecule has 0 saturated heterocycles. The van der Waals surface area contributed by atoms with Crippen molar-refractivity contribution in [3.8, 4) is 34.5 Å². The van der Waals surface area contributed by atoms with E-state index >= 15 is 0 Å². The number of methoxy groups -OCH3 is 1. The van der Waals surface area contributed by atoms with E-state index in [0.29, 0.717) is 28.7 Å². The topological polar surface area (TPSA) is 57.2 Å². The highest BCUT2D eigenvalue weighted by Crippen LogP contribution is 2.39. The van der Waals surface area contributed by atoms with E-state index in [-0.39, 0.29) is 5.97 Å². The van der Waals surface area contributed by atoms with Crippen LogP contribution in [-0.4, -0.2) is 13.1 Å². The Balaban J connectivity index is 1.51. The Hall–Kier alpha value is -5.49. The highest BCUT2D eigenvalue weighted by Gasteiger charge is 2.15. The molecule has 0 aliphatic rings. The predicted molar refractivity (Wildman–Crippen MR) is 171 cm³/mol. The molecule has 0 fully saturated rings. The van der Waals surface area contributed by atoms with E-state index in [1.807, 2.05) is 78.9 Å². The number of carbonyl (C=O) groups is 1. The average molecular weight is 572 g/mol. The van der Waals surface area contributed by atoms with Crippen molar-refractivity contribution in [2.75, 3.05) is 12.0 Å². The molecule has 5 rings (SSSR count). The summed E-state index contributed by atoms with van der Waals surface area (Å²) in [6.07, 6.45) is 2.15. The standard InChI is InChI=1S/C37H33NO5/c1-26(2)21-28-17-19-29(20-18-28)38(30-9-5-12-33(22-30)42-36-15-7-11-32(24-36)40-4)31-10-6-13-34(23-31)43-37-16-8-14-35(25-37)41-27(3)39/h5-25H,1-4H3. The third-order valence-electron chi connectivity index (χ3n) is 6.34. The smallest absolute Gasteiger partial charge is 0.308 e. The minimum atomic E-state index is -0.386. The van der Waals surface area contributed by atoms with E-state index in [1.165, 1.54) is 12.5 Å². The van der Waals surface area contributed by atoms with Gasteiger partial charge in [0.05, 0.1) is 7.11 Å². The molecule has 0 aliphatic heterocycles. The van der Waals surface area contributed by atoms with E-state index in [2.05, 4.69) is 49.1 Å². The predicted octanol–water partition coefficient (Wildman–Crippen LogP) is 10.1. The molecule has 216 valence electrons. The van der Waals surface area contributed by atoms with E-state index in [0.717, 1.165) is 28.4 Å². The highest BCUT2D eigenvalue weighted by molar-refractivity contribution is 5.78. The second-order valence-electron chi connectivity index (χ2n) is 10.1. The second-order valence-corrected chi connectivity index (χ2v) is 10.1. The lowest BCUT2D eigenvalue weighted by Crippen LogP contribution is -2.10. The molecule has 5 aromatic rings. The Bertz CT molecular complexity index is 1740. The lowest BCUT2D eigenvalue weighted by molar-refractivity contribution is -0.131. The van der Waals surface area contributed by atoms with Gasteiger partial charge in [-0.3, -0.25) is 4.79 Å². The minimum Gasteiger partial charge on any atom is -0.497 e. The molecule has 0 radical (unpaired) electrons. The number of hydrogen-bond acceptors (Lipinski definition) is 6. The summed E-state index contributed by atoms with van der Waals surface area (Å²) >= 11 is 0. The van der Waals surface area contributed by atoms with E-state index in [4.69, 9.17) is 18.9 Å².